The number of carbonyl (C=O) groups excluding carboxylic acids is 2. The Kier molecular flexibility index (Phi) is 2.80. The largest absolute Gasteiger partial charge is 0.330 e. The highest BCUT2D eigenvalue weighted by atomic mass is 16.2. The molecule has 19 heavy (non-hydrogen) atoms. The Hall–Kier alpha value is -2.19. The summed E-state index contributed by atoms with van der Waals surface area (Å²) in [6.07, 6.45) is 2.09. The number of aromatic nitrogens is 4. The van der Waals surface area contributed by atoms with Crippen molar-refractivity contribution in [3.8, 4) is 0 Å². The quantitative estimate of drug-likeness (QED) is 0.731. The van der Waals surface area contributed by atoms with Gasteiger partial charge in [0, 0.05) is 6.04 Å². The van der Waals surface area contributed by atoms with E-state index in [1.165, 1.54) is 9.70 Å². The van der Waals surface area contributed by atoms with Gasteiger partial charge < -0.3 is 10.2 Å². The highest BCUT2D eigenvalue weighted by Crippen LogP contribution is 2.29. The summed E-state index contributed by atoms with van der Waals surface area (Å²) < 4.78 is 0. The average Bonchev–Trinajstić information content (AvgIpc) is 3.03. The Bertz CT molecular complexity index is 510. The Morgan fingerprint density at radius 2 is 2.26 bits per heavy atom. The molecule has 0 spiro atoms. The molecule has 9 nitrogen and oxygen atoms in total. The lowest BCUT2D eigenvalue weighted by Gasteiger charge is -2.17. The van der Waals surface area contributed by atoms with Crippen LogP contribution in [0.5, 0.6) is 0 Å². The van der Waals surface area contributed by atoms with Crippen LogP contribution in [0.1, 0.15) is 18.7 Å². The molecule has 3 amide bonds. The fraction of sp³-hybridized carbons (Fsp3) is 0.700. The van der Waals surface area contributed by atoms with E-state index in [-0.39, 0.29) is 25.0 Å². The Balaban J connectivity index is 1.52. The maximum absolute atomic E-state index is 11.9. The SMILES string of the molecule is Cn1nnc(CNC(=O)N2CC(=O)N(C3CC3)C2)n1. The summed E-state index contributed by atoms with van der Waals surface area (Å²) in [6.45, 7) is 0.736. The van der Waals surface area contributed by atoms with Gasteiger partial charge in [0.1, 0.15) is 6.54 Å². The number of hydrogen-bond donors (Lipinski definition) is 1. The van der Waals surface area contributed by atoms with Gasteiger partial charge in [-0.3, -0.25) is 9.69 Å². The van der Waals surface area contributed by atoms with Gasteiger partial charge in [0.25, 0.3) is 0 Å². The molecule has 102 valence electrons. The van der Waals surface area contributed by atoms with Crippen LogP contribution >= 0.6 is 0 Å². The number of urea groups is 1. The summed E-state index contributed by atoms with van der Waals surface area (Å²) in [7, 11) is 1.66. The first-order valence-electron chi connectivity index (χ1n) is 6.18. The van der Waals surface area contributed by atoms with E-state index in [4.69, 9.17) is 0 Å². The highest BCUT2D eigenvalue weighted by Gasteiger charge is 2.39. The van der Waals surface area contributed by atoms with Crippen molar-refractivity contribution >= 4 is 11.9 Å². The van der Waals surface area contributed by atoms with Crippen molar-refractivity contribution in [1.82, 2.24) is 35.3 Å². The number of tetrazole rings is 1. The lowest BCUT2D eigenvalue weighted by atomic mass is 10.5. The molecule has 1 aliphatic carbocycles. The van der Waals surface area contributed by atoms with Crippen LogP contribution in [-0.4, -0.2) is 61.2 Å². The highest BCUT2D eigenvalue weighted by molar-refractivity contribution is 5.87. The number of rotatable bonds is 3. The third-order valence-electron chi connectivity index (χ3n) is 3.19. The molecular weight excluding hydrogens is 250 g/mol. The molecule has 0 radical (unpaired) electrons. The first-order chi connectivity index (χ1) is 9.13. The van der Waals surface area contributed by atoms with Gasteiger partial charge in [0.2, 0.25) is 5.91 Å². The van der Waals surface area contributed by atoms with Gasteiger partial charge >= 0.3 is 6.03 Å². The molecule has 1 saturated heterocycles. The third-order valence-corrected chi connectivity index (χ3v) is 3.19. The van der Waals surface area contributed by atoms with Crippen molar-refractivity contribution in [2.45, 2.75) is 25.4 Å². The molecule has 1 saturated carbocycles. The molecule has 2 fully saturated rings. The minimum Gasteiger partial charge on any atom is -0.330 e. The summed E-state index contributed by atoms with van der Waals surface area (Å²) in [4.78, 5) is 28.2. The van der Waals surface area contributed by atoms with E-state index in [1.54, 1.807) is 11.9 Å². The first kappa shape index (κ1) is 11.9. The smallest absolute Gasteiger partial charge is 0.319 e. The van der Waals surface area contributed by atoms with E-state index in [0.717, 1.165) is 12.8 Å². The summed E-state index contributed by atoms with van der Waals surface area (Å²) in [5.41, 5.74) is 0. The number of amides is 3. The Morgan fingerprint density at radius 1 is 1.47 bits per heavy atom. The fourth-order valence-corrected chi connectivity index (χ4v) is 2.07. The zero-order chi connectivity index (χ0) is 13.4. The van der Waals surface area contributed by atoms with Gasteiger partial charge in [-0.1, -0.05) is 0 Å². The molecule has 1 aliphatic heterocycles. The van der Waals surface area contributed by atoms with Crippen LogP contribution < -0.4 is 5.32 Å². The first-order valence-corrected chi connectivity index (χ1v) is 6.18. The van der Waals surface area contributed by atoms with Crippen molar-refractivity contribution in [1.29, 1.82) is 0 Å². The van der Waals surface area contributed by atoms with Crippen LogP contribution in [-0.2, 0) is 18.4 Å². The average molecular weight is 265 g/mol. The van der Waals surface area contributed by atoms with Gasteiger partial charge in [-0.15, -0.1) is 10.2 Å². The Labute approximate surface area is 109 Å². The summed E-state index contributed by atoms with van der Waals surface area (Å²) >= 11 is 0. The molecule has 2 heterocycles. The molecule has 3 rings (SSSR count). The minimum absolute atomic E-state index is 0.0234. The van der Waals surface area contributed by atoms with E-state index < -0.39 is 0 Å². The fourth-order valence-electron chi connectivity index (χ4n) is 2.07. The number of hydrogen-bond acceptors (Lipinski definition) is 5. The predicted octanol–water partition coefficient (Wildman–Crippen LogP) is -1.32. The monoisotopic (exact) mass is 265 g/mol. The van der Waals surface area contributed by atoms with Crippen LogP contribution in [0.4, 0.5) is 4.79 Å². The van der Waals surface area contributed by atoms with Crippen LogP contribution in [0.15, 0.2) is 0 Å². The van der Waals surface area contributed by atoms with Gasteiger partial charge in [-0.05, 0) is 18.1 Å². The van der Waals surface area contributed by atoms with Crippen molar-refractivity contribution in [2.75, 3.05) is 13.2 Å². The van der Waals surface area contributed by atoms with E-state index in [1.807, 2.05) is 0 Å². The number of carbonyl (C=O) groups is 2. The van der Waals surface area contributed by atoms with Gasteiger partial charge in [-0.2, -0.15) is 4.80 Å². The second kappa shape index (κ2) is 4.48. The van der Waals surface area contributed by atoms with Crippen LogP contribution in [0, 0.1) is 0 Å². The second-order valence-corrected chi connectivity index (χ2v) is 4.79. The van der Waals surface area contributed by atoms with E-state index >= 15 is 0 Å². The summed E-state index contributed by atoms with van der Waals surface area (Å²) in [5.74, 6) is 0.468. The topological polar surface area (TPSA) is 96.2 Å². The van der Waals surface area contributed by atoms with Crippen molar-refractivity contribution in [3.05, 3.63) is 5.82 Å². The third kappa shape index (κ3) is 2.49. The number of nitrogens with zero attached hydrogens (tertiary/aromatic N) is 6. The molecule has 1 aromatic rings. The van der Waals surface area contributed by atoms with Crippen LogP contribution in [0.25, 0.3) is 0 Å². The molecule has 0 aromatic carbocycles. The Morgan fingerprint density at radius 3 is 2.89 bits per heavy atom. The number of aryl methyl sites for hydroxylation is 1. The maximum Gasteiger partial charge on any atom is 0.319 e. The normalized spacial score (nSPS) is 19.1. The molecular formula is C10H15N7O2. The van der Waals surface area contributed by atoms with Crippen molar-refractivity contribution < 1.29 is 9.59 Å². The lowest BCUT2D eigenvalue weighted by molar-refractivity contribution is -0.127. The molecule has 1 aromatic heterocycles. The second-order valence-electron chi connectivity index (χ2n) is 4.79. The predicted molar refractivity (Wildman–Crippen MR) is 62.5 cm³/mol. The lowest BCUT2D eigenvalue weighted by Crippen LogP contribution is -2.39. The van der Waals surface area contributed by atoms with Crippen LogP contribution in [0.2, 0.25) is 0 Å². The molecule has 9 heteroatoms. The maximum atomic E-state index is 11.9. The van der Waals surface area contributed by atoms with Gasteiger partial charge in [0.05, 0.1) is 20.3 Å². The van der Waals surface area contributed by atoms with Crippen LogP contribution in [0.3, 0.4) is 0 Å². The summed E-state index contributed by atoms with van der Waals surface area (Å²) in [6, 6.07) is 0.0657. The zero-order valence-electron chi connectivity index (χ0n) is 10.6. The molecule has 2 aliphatic rings. The van der Waals surface area contributed by atoms with Crippen molar-refractivity contribution in [3.63, 3.8) is 0 Å². The zero-order valence-corrected chi connectivity index (χ0v) is 10.6. The van der Waals surface area contributed by atoms with E-state index in [9.17, 15) is 9.59 Å². The molecule has 0 bridgehead atoms. The van der Waals surface area contributed by atoms with Gasteiger partial charge in [-0.25, -0.2) is 4.79 Å². The summed E-state index contributed by atoms with van der Waals surface area (Å²) in [5, 5.41) is 14.1. The molecule has 1 N–H and O–H groups in total. The minimum atomic E-state index is -0.274. The van der Waals surface area contributed by atoms with Crippen molar-refractivity contribution in [2.24, 2.45) is 7.05 Å². The van der Waals surface area contributed by atoms with Gasteiger partial charge in [0.15, 0.2) is 5.82 Å². The van der Waals surface area contributed by atoms with E-state index in [0.29, 0.717) is 18.5 Å². The molecule has 0 unspecified atom stereocenters. The number of nitrogens with one attached hydrogen (secondary N) is 1. The standard InChI is InChI=1S/C10H15N7O2/c1-15-13-8(12-14-15)4-11-10(19)16-5-9(18)17(6-16)7-2-3-7/h7H,2-6H2,1H3,(H,11,19). The van der Waals surface area contributed by atoms with E-state index in [2.05, 4.69) is 20.7 Å². The molecule has 0 atom stereocenters.